The summed E-state index contributed by atoms with van der Waals surface area (Å²) in [6, 6.07) is 10.4. The normalized spacial score (nSPS) is 17.9. The van der Waals surface area contributed by atoms with Crippen LogP contribution in [0, 0.1) is 0 Å². The first-order valence-corrected chi connectivity index (χ1v) is 6.34. The minimum Gasteiger partial charge on any atom is -0.393 e. The zero-order valence-electron chi connectivity index (χ0n) is 9.93. The van der Waals surface area contributed by atoms with Gasteiger partial charge in [-0.2, -0.15) is 0 Å². The van der Waals surface area contributed by atoms with Gasteiger partial charge in [-0.25, -0.2) is 0 Å². The van der Waals surface area contributed by atoms with E-state index in [1.165, 1.54) is 10.9 Å². The summed E-state index contributed by atoms with van der Waals surface area (Å²) in [6.45, 7) is 0. The maximum atomic E-state index is 5.82. The fraction of sp³-hybridized carbons (Fsp3) is 0.286. The van der Waals surface area contributed by atoms with E-state index in [4.69, 9.17) is 22.9 Å². The number of fused-ring (bicyclic) bond motifs is 2. The molecular weight excluding hydrogens is 264 g/mol. The van der Waals surface area contributed by atoms with Gasteiger partial charge < -0.3 is 5.73 Å². The van der Waals surface area contributed by atoms with Crippen LogP contribution in [0.15, 0.2) is 30.3 Å². The van der Waals surface area contributed by atoms with Crippen LogP contribution in [0.5, 0.6) is 0 Å². The summed E-state index contributed by atoms with van der Waals surface area (Å²) in [5, 5.41) is 1.20. The lowest BCUT2D eigenvalue weighted by Gasteiger charge is -2.23. The lowest BCUT2D eigenvalue weighted by atomic mass is 9.86. The first kappa shape index (κ1) is 13.2. The molecule has 2 N–H and O–H groups in total. The van der Waals surface area contributed by atoms with Crippen LogP contribution in [0.3, 0.4) is 0 Å². The van der Waals surface area contributed by atoms with Gasteiger partial charge in [-0.05, 0) is 37.0 Å². The van der Waals surface area contributed by atoms with E-state index in [1.54, 1.807) is 0 Å². The van der Waals surface area contributed by atoms with Crippen LogP contribution in [0.2, 0.25) is 0 Å². The molecule has 18 heavy (non-hydrogen) atoms. The summed E-state index contributed by atoms with van der Waals surface area (Å²) >= 11 is 5.15. The van der Waals surface area contributed by atoms with Crippen LogP contribution in [0.25, 0.3) is 10.9 Å². The molecule has 3 rings (SSSR count). The average Bonchev–Trinajstić information content (AvgIpc) is 2.35. The highest BCUT2D eigenvalue weighted by molar-refractivity contribution is 7.80. The third-order valence-electron chi connectivity index (χ3n) is 3.45. The summed E-state index contributed by atoms with van der Waals surface area (Å²) in [6.07, 6.45) is 3.27. The number of nitrogens with two attached hydrogens (primary N) is 1. The molecule has 0 spiro atoms. The SMILES string of the molecule is Cl.NC(=S)C1CCCc2cc3ccccc3nc21. The monoisotopic (exact) mass is 278 g/mol. The largest absolute Gasteiger partial charge is 0.393 e. The van der Waals surface area contributed by atoms with Gasteiger partial charge >= 0.3 is 0 Å². The molecule has 0 radical (unpaired) electrons. The third-order valence-corrected chi connectivity index (χ3v) is 3.73. The molecule has 0 bridgehead atoms. The van der Waals surface area contributed by atoms with Gasteiger partial charge in [0, 0.05) is 5.39 Å². The number of halogens is 1. The molecule has 1 aromatic heterocycles. The molecule has 1 aliphatic carbocycles. The second kappa shape index (κ2) is 5.21. The molecule has 1 aromatic carbocycles. The number of benzene rings is 1. The smallest absolute Gasteiger partial charge is 0.0819 e. The van der Waals surface area contributed by atoms with Gasteiger partial charge in [-0.3, -0.25) is 4.98 Å². The molecule has 1 aliphatic rings. The topological polar surface area (TPSA) is 38.9 Å². The second-order valence-corrected chi connectivity index (χ2v) is 5.04. The van der Waals surface area contributed by atoms with Crippen molar-refractivity contribution in [3.8, 4) is 0 Å². The molecule has 0 saturated heterocycles. The van der Waals surface area contributed by atoms with E-state index in [-0.39, 0.29) is 18.3 Å². The average molecular weight is 279 g/mol. The molecule has 0 fully saturated rings. The molecule has 4 heteroatoms. The van der Waals surface area contributed by atoms with Crippen molar-refractivity contribution >= 4 is 40.5 Å². The lowest BCUT2D eigenvalue weighted by Crippen LogP contribution is -2.24. The summed E-state index contributed by atoms with van der Waals surface area (Å²) in [4.78, 5) is 5.33. The van der Waals surface area contributed by atoms with Crippen molar-refractivity contribution in [1.29, 1.82) is 0 Å². The maximum Gasteiger partial charge on any atom is 0.0819 e. The Labute approximate surface area is 118 Å². The van der Waals surface area contributed by atoms with Crippen LogP contribution in [-0.2, 0) is 6.42 Å². The zero-order chi connectivity index (χ0) is 11.8. The second-order valence-electron chi connectivity index (χ2n) is 4.57. The molecule has 0 aliphatic heterocycles. The van der Waals surface area contributed by atoms with Gasteiger partial charge in [0.05, 0.1) is 22.1 Å². The Balaban J connectivity index is 0.00000120. The fourth-order valence-corrected chi connectivity index (χ4v) is 2.82. The number of pyridine rings is 1. The van der Waals surface area contributed by atoms with Gasteiger partial charge in [0.2, 0.25) is 0 Å². The van der Waals surface area contributed by atoms with Crippen molar-refractivity contribution in [3.05, 3.63) is 41.6 Å². The van der Waals surface area contributed by atoms with Crippen molar-refractivity contribution in [1.82, 2.24) is 4.98 Å². The highest BCUT2D eigenvalue weighted by atomic mass is 35.5. The molecule has 0 saturated carbocycles. The van der Waals surface area contributed by atoms with Crippen LogP contribution in [-0.4, -0.2) is 9.97 Å². The van der Waals surface area contributed by atoms with E-state index >= 15 is 0 Å². The summed E-state index contributed by atoms with van der Waals surface area (Å²) in [5.41, 5.74) is 9.27. The Morgan fingerprint density at radius 2 is 2.11 bits per heavy atom. The van der Waals surface area contributed by atoms with Crippen molar-refractivity contribution in [2.24, 2.45) is 5.73 Å². The number of hydrogen-bond acceptors (Lipinski definition) is 2. The number of rotatable bonds is 1. The van der Waals surface area contributed by atoms with E-state index in [0.29, 0.717) is 4.99 Å². The van der Waals surface area contributed by atoms with E-state index in [9.17, 15) is 0 Å². The van der Waals surface area contributed by atoms with Crippen molar-refractivity contribution in [2.45, 2.75) is 25.2 Å². The Hall–Kier alpha value is -1.19. The van der Waals surface area contributed by atoms with E-state index < -0.39 is 0 Å². The number of thiocarbonyl (C=S) groups is 1. The number of aromatic nitrogens is 1. The number of nitrogens with zero attached hydrogens (tertiary/aromatic N) is 1. The Morgan fingerprint density at radius 1 is 1.33 bits per heavy atom. The van der Waals surface area contributed by atoms with Gasteiger partial charge in [0.15, 0.2) is 0 Å². The Morgan fingerprint density at radius 3 is 2.89 bits per heavy atom. The third kappa shape index (κ3) is 2.20. The summed E-state index contributed by atoms with van der Waals surface area (Å²) in [5.74, 6) is 0.165. The summed E-state index contributed by atoms with van der Waals surface area (Å²) < 4.78 is 0. The Bertz CT molecular complexity index is 597. The maximum absolute atomic E-state index is 5.82. The van der Waals surface area contributed by atoms with E-state index in [0.717, 1.165) is 30.5 Å². The van der Waals surface area contributed by atoms with E-state index in [2.05, 4.69) is 12.1 Å². The van der Waals surface area contributed by atoms with Crippen molar-refractivity contribution < 1.29 is 0 Å². The molecule has 2 nitrogen and oxygen atoms in total. The van der Waals surface area contributed by atoms with Gasteiger partial charge in [0.25, 0.3) is 0 Å². The van der Waals surface area contributed by atoms with Gasteiger partial charge in [0.1, 0.15) is 0 Å². The van der Waals surface area contributed by atoms with Crippen LogP contribution >= 0.6 is 24.6 Å². The minimum atomic E-state index is 0. The summed E-state index contributed by atoms with van der Waals surface area (Å²) in [7, 11) is 0. The highest BCUT2D eigenvalue weighted by Crippen LogP contribution is 2.32. The van der Waals surface area contributed by atoms with Gasteiger partial charge in [-0.15, -0.1) is 12.4 Å². The molecule has 2 aromatic rings. The van der Waals surface area contributed by atoms with E-state index in [1.807, 2.05) is 18.2 Å². The number of para-hydroxylation sites is 1. The van der Waals surface area contributed by atoms with Crippen LogP contribution < -0.4 is 5.73 Å². The van der Waals surface area contributed by atoms with Gasteiger partial charge in [-0.1, -0.05) is 30.4 Å². The Kier molecular flexibility index (Phi) is 3.83. The molecular formula is C14H15ClN2S. The highest BCUT2D eigenvalue weighted by Gasteiger charge is 2.24. The number of hydrogen-bond donors (Lipinski definition) is 1. The molecule has 1 atom stereocenters. The zero-order valence-corrected chi connectivity index (χ0v) is 11.6. The molecule has 1 unspecified atom stereocenters. The van der Waals surface area contributed by atoms with Crippen LogP contribution in [0.1, 0.15) is 30.0 Å². The van der Waals surface area contributed by atoms with Crippen molar-refractivity contribution in [2.75, 3.05) is 0 Å². The predicted octanol–water partition coefficient (Wildman–Crippen LogP) is 3.36. The molecule has 0 amide bonds. The van der Waals surface area contributed by atoms with Crippen LogP contribution in [0.4, 0.5) is 0 Å². The lowest BCUT2D eigenvalue weighted by molar-refractivity contribution is 0.637. The first-order chi connectivity index (χ1) is 8.25. The van der Waals surface area contributed by atoms with Crippen molar-refractivity contribution in [3.63, 3.8) is 0 Å². The quantitative estimate of drug-likeness (QED) is 0.813. The molecule has 94 valence electrons. The standard InChI is InChI=1S/C14H14N2S.ClH/c15-14(17)11-6-3-5-10-8-9-4-1-2-7-12(9)16-13(10)11;/h1-2,4,7-8,11H,3,5-6H2,(H2,15,17);1H. The number of aryl methyl sites for hydroxylation is 1. The predicted molar refractivity (Wildman–Crippen MR) is 81.5 cm³/mol. The fourth-order valence-electron chi connectivity index (χ4n) is 2.59. The first-order valence-electron chi connectivity index (χ1n) is 5.93. The molecule has 1 heterocycles. The minimum absolute atomic E-state index is 0.